The number of ether oxygens (including phenoxy) is 4. The van der Waals surface area contributed by atoms with Crippen molar-refractivity contribution < 1.29 is 33.6 Å². The summed E-state index contributed by atoms with van der Waals surface area (Å²) in [5.41, 5.74) is 1.17. The lowest BCUT2D eigenvalue weighted by molar-refractivity contribution is -0.139. The summed E-state index contributed by atoms with van der Waals surface area (Å²) in [5.74, 6) is -0.250. The van der Waals surface area contributed by atoms with Crippen LogP contribution in [0.2, 0.25) is 0 Å². The highest BCUT2D eigenvalue weighted by Crippen LogP contribution is 2.35. The number of thiazole rings is 1. The number of carboxylic acids is 1. The van der Waals surface area contributed by atoms with Crippen LogP contribution in [0.1, 0.15) is 31.0 Å². The number of carboxylic acid groups (broad SMARTS) is 1. The molecule has 1 N–H and O–H groups in total. The molecule has 3 aromatic rings. The third-order valence-corrected chi connectivity index (χ3v) is 8.05. The SMILES string of the molecule is CCOc1ccc([C@H]2C(C(=O)OC)=CN=c3s/c(=C\c4cc(Br)c(OCC(=O)O)c(I)c4)c(=O)n32)cc1OCC. The number of aliphatic carboxylic acids is 1. The maximum absolute atomic E-state index is 13.8. The lowest BCUT2D eigenvalue weighted by Crippen LogP contribution is -2.39. The first-order valence-corrected chi connectivity index (χ1v) is 14.7. The van der Waals surface area contributed by atoms with E-state index in [0.29, 0.717) is 59.0 Å². The summed E-state index contributed by atoms with van der Waals surface area (Å²) in [5, 5.41) is 8.93. The second-order valence-electron chi connectivity index (χ2n) is 8.24. The van der Waals surface area contributed by atoms with Gasteiger partial charge in [0.1, 0.15) is 5.75 Å². The Morgan fingerprint density at radius 1 is 1.15 bits per heavy atom. The van der Waals surface area contributed by atoms with Gasteiger partial charge in [0.05, 0.1) is 44.5 Å². The minimum atomic E-state index is -1.09. The molecule has 13 heteroatoms. The number of carbonyl (C=O) groups is 2. The molecule has 40 heavy (non-hydrogen) atoms. The summed E-state index contributed by atoms with van der Waals surface area (Å²) in [6.07, 6.45) is 3.14. The number of nitrogens with zero attached hydrogens (tertiary/aromatic N) is 2. The molecule has 0 unspecified atom stereocenters. The largest absolute Gasteiger partial charge is 0.490 e. The Kier molecular flexibility index (Phi) is 9.68. The van der Waals surface area contributed by atoms with Gasteiger partial charge in [0.2, 0.25) is 0 Å². The highest BCUT2D eigenvalue weighted by atomic mass is 127. The van der Waals surface area contributed by atoms with Crippen molar-refractivity contribution in [2.45, 2.75) is 19.9 Å². The van der Waals surface area contributed by atoms with Gasteiger partial charge in [-0.25, -0.2) is 14.6 Å². The van der Waals surface area contributed by atoms with E-state index in [9.17, 15) is 14.4 Å². The first-order chi connectivity index (χ1) is 19.2. The van der Waals surface area contributed by atoms with Crippen molar-refractivity contribution in [3.8, 4) is 17.2 Å². The minimum Gasteiger partial charge on any atom is -0.490 e. The summed E-state index contributed by atoms with van der Waals surface area (Å²) in [6, 6.07) is 8.00. The van der Waals surface area contributed by atoms with Gasteiger partial charge in [0, 0.05) is 6.20 Å². The summed E-state index contributed by atoms with van der Waals surface area (Å²) < 4.78 is 24.9. The second kappa shape index (κ2) is 13.0. The van der Waals surface area contributed by atoms with E-state index in [1.54, 1.807) is 36.4 Å². The van der Waals surface area contributed by atoms with Crippen molar-refractivity contribution in [2.75, 3.05) is 26.9 Å². The van der Waals surface area contributed by atoms with Gasteiger partial charge < -0.3 is 24.1 Å². The Morgan fingerprint density at radius 2 is 1.88 bits per heavy atom. The highest BCUT2D eigenvalue weighted by Gasteiger charge is 2.31. The monoisotopic (exact) mass is 742 g/mol. The third kappa shape index (κ3) is 6.25. The fourth-order valence-electron chi connectivity index (χ4n) is 4.07. The first-order valence-electron chi connectivity index (χ1n) is 12.0. The average Bonchev–Trinajstić information content (AvgIpc) is 3.23. The van der Waals surface area contributed by atoms with Crippen molar-refractivity contribution in [1.29, 1.82) is 0 Å². The van der Waals surface area contributed by atoms with Crippen molar-refractivity contribution >= 4 is 67.9 Å². The molecular formula is C27H24BrIN2O8S. The van der Waals surface area contributed by atoms with Crippen molar-refractivity contribution in [3.63, 3.8) is 0 Å². The Morgan fingerprint density at radius 3 is 2.52 bits per heavy atom. The molecule has 4 rings (SSSR count). The van der Waals surface area contributed by atoms with E-state index in [0.717, 1.165) is 0 Å². The number of benzene rings is 2. The van der Waals surface area contributed by atoms with Crippen LogP contribution >= 0.6 is 49.9 Å². The summed E-state index contributed by atoms with van der Waals surface area (Å²) in [7, 11) is 1.28. The van der Waals surface area contributed by atoms with Crippen LogP contribution in [0, 0.1) is 3.57 Å². The second-order valence-corrected chi connectivity index (χ2v) is 11.3. The van der Waals surface area contributed by atoms with Crippen LogP contribution in [0.4, 0.5) is 0 Å². The van der Waals surface area contributed by atoms with Gasteiger partial charge in [0.15, 0.2) is 22.9 Å². The molecule has 0 amide bonds. The summed E-state index contributed by atoms with van der Waals surface area (Å²) in [4.78, 5) is 42.3. The number of hydrogen-bond donors (Lipinski definition) is 1. The smallest absolute Gasteiger partial charge is 0.341 e. The van der Waals surface area contributed by atoms with E-state index < -0.39 is 24.6 Å². The first kappa shape index (κ1) is 29.8. The molecule has 0 fully saturated rings. The van der Waals surface area contributed by atoms with Gasteiger partial charge in [-0.15, -0.1) is 0 Å². The Labute approximate surface area is 254 Å². The van der Waals surface area contributed by atoms with Gasteiger partial charge in [-0.05, 0) is 93.8 Å². The Hall–Kier alpha value is -3.17. The number of carbonyl (C=O) groups excluding carboxylic acids is 1. The van der Waals surface area contributed by atoms with Crippen LogP contribution < -0.4 is 29.1 Å². The molecule has 2 aromatic carbocycles. The molecule has 1 aliphatic heterocycles. The molecular weight excluding hydrogens is 719 g/mol. The van der Waals surface area contributed by atoms with Crippen LogP contribution in [0.3, 0.4) is 0 Å². The molecule has 0 radical (unpaired) electrons. The van der Waals surface area contributed by atoms with E-state index in [4.69, 9.17) is 24.1 Å². The van der Waals surface area contributed by atoms with Crippen LogP contribution in [0.15, 0.2) is 56.4 Å². The van der Waals surface area contributed by atoms with E-state index in [2.05, 4.69) is 20.9 Å². The fourth-order valence-corrected chi connectivity index (χ4v) is 6.81. The maximum Gasteiger partial charge on any atom is 0.341 e. The number of halogens is 2. The standard InChI is InChI=1S/C27H24BrIN2O8S/c1-4-37-19-7-6-15(11-20(19)38-5-2)23-16(26(35)36-3)12-30-27-31(23)25(34)21(40-27)10-14-8-17(28)24(18(29)9-14)39-13-22(32)33/h6-12,23H,4-5,13H2,1-3H3,(H,32,33)/b21-10-/t23-/m0/s1. The summed E-state index contributed by atoms with van der Waals surface area (Å²) >= 11 is 6.64. The number of methoxy groups -OCH3 is 1. The quantitative estimate of drug-likeness (QED) is 0.247. The average molecular weight is 743 g/mol. The van der Waals surface area contributed by atoms with E-state index in [-0.39, 0.29) is 11.1 Å². The number of esters is 1. The third-order valence-electron chi connectivity index (χ3n) is 5.67. The highest BCUT2D eigenvalue weighted by molar-refractivity contribution is 14.1. The molecule has 1 aromatic heterocycles. The van der Waals surface area contributed by atoms with E-state index in [1.807, 2.05) is 36.4 Å². The molecule has 0 spiro atoms. The Bertz CT molecular complexity index is 1660. The molecule has 0 saturated heterocycles. The van der Waals surface area contributed by atoms with Crippen LogP contribution in [0.25, 0.3) is 6.08 Å². The Balaban J connectivity index is 1.84. The molecule has 2 heterocycles. The molecule has 0 bridgehead atoms. The van der Waals surface area contributed by atoms with Gasteiger partial charge in [-0.3, -0.25) is 9.36 Å². The van der Waals surface area contributed by atoms with Gasteiger partial charge in [-0.2, -0.15) is 0 Å². The van der Waals surface area contributed by atoms with Crippen molar-refractivity contribution in [1.82, 2.24) is 4.57 Å². The van der Waals surface area contributed by atoms with Crippen molar-refractivity contribution in [2.24, 2.45) is 4.99 Å². The van der Waals surface area contributed by atoms with Gasteiger partial charge in [-0.1, -0.05) is 17.4 Å². The molecule has 1 aliphatic rings. The van der Waals surface area contributed by atoms with Crippen LogP contribution in [-0.4, -0.2) is 48.5 Å². The van der Waals surface area contributed by atoms with Gasteiger partial charge in [0.25, 0.3) is 5.56 Å². The van der Waals surface area contributed by atoms with Crippen LogP contribution in [0.5, 0.6) is 17.2 Å². The van der Waals surface area contributed by atoms with E-state index >= 15 is 0 Å². The fraction of sp³-hybridized carbons (Fsp3) is 0.259. The maximum atomic E-state index is 13.8. The topological polar surface area (TPSA) is 126 Å². The molecule has 0 aliphatic carbocycles. The van der Waals surface area contributed by atoms with Crippen LogP contribution in [-0.2, 0) is 14.3 Å². The molecule has 210 valence electrons. The van der Waals surface area contributed by atoms with Gasteiger partial charge >= 0.3 is 11.9 Å². The molecule has 0 saturated carbocycles. The van der Waals surface area contributed by atoms with Crippen molar-refractivity contribution in [3.05, 3.63) is 81.0 Å². The van der Waals surface area contributed by atoms with E-state index in [1.165, 1.54) is 29.2 Å². The molecule has 10 nitrogen and oxygen atoms in total. The molecule has 1 atom stereocenters. The predicted octanol–water partition coefficient (Wildman–Crippen LogP) is 3.65. The predicted molar refractivity (Wildman–Crippen MR) is 160 cm³/mol. The number of fused-ring (bicyclic) bond motifs is 1. The number of hydrogen-bond acceptors (Lipinski definition) is 9. The summed E-state index contributed by atoms with van der Waals surface area (Å²) in [6.45, 7) is 4.10. The normalized spacial score (nSPS) is 14.6. The lowest BCUT2D eigenvalue weighted by atomic mass is 9.97. The zero-order valence-corrected chi connectivity index (χ0v) is 26.2. The minimum absolute atomic E-state index is 0.199. The zero-order chi connectivity index (χ0) is 29.0. The zero-order valence-electron chi connectivity index (χ0n) is 21.6. The lowest BCUT2D eigenvalue weighted by Gasteiger charge is -2.23. The number of rotatable bonds is 10. The number of aromatic nitrogens is 1.